The monoisotopic (exact) mass is 389 g/mol. The maximum absolute atomic E-state index is 11.4. The number of aliphatic imine (C=N–C) groups is 1. The number of hydrogen-bond donors (Lipinski definition) is 3. The summed E-state index contributed by atoms with van der Waals surface area (Å²) in [6, 6.07) is 1.77. The standard InChI is InChI=1S/C18H27N7OS/c1-3-5-6-7-9-21-17(19)25-18-24-14(12-27-18)16-20-10-8-13(23-16)11-22-15(26)4-2/h8,10,12H,3-7,9,11H2,1-2H3,(H,22,26)(H3,19,21,24,25). The van der Waals surface area contributed by atoms with E-state index < -0.39 is 0 Å². The number of thiazole rings is 1. The SMILES string of the molecule is CCCCCCN=C(N)Nc1nc(-c2nccc(CNC(=O)CC)n2)cs1. The minimum absolute atomic E-state index is 0.0141. The van der Waals surface area contributed by atoms with E-state index in [1.165, 1.54) is 30.6 Å². The molecule has 0 unspecified atom stereocenters. The van der Waals surface area contributed by atoms with Gasteiger partial charge in [-0.15, -0.1) is 11.3 Å². The first kappa shape index (κ1) is 20.8. The van der Waals surface area contributed by atoms with E-state index >= 15 is 0 Å². The average molecular weight is 390 g/mol. The second kappa shape index (κ2) is 11.2. The van der Waals surface area contributed by atoms with E-state index in [0.717, 1.165) is 12.1 Å². The highest BCUT2D eigenvalue weighted by Crippen LogP contribution is 2.22. The molecule has 0 radical (unpaired) electrons. The number of nitrogens with two attached hydrogens (primary N) is 1. The molecule has 0 aromatic carbocycles. The second-order valence-corrected chi connectivity index (χ2v) is 6.85. The quantitative estimate of drug-likeness (QED) is 0.327. The Morgan fingerprint density at radius 2 is 2.11 bits per heavy atom. The van der Waals surface area contributed by atoms with Gasteiger partial charge in [-0.1, -0.05) is 33.1 Å². The molecular weight excluding hydrogens is 362 g/mol. The second-order valence-electron chi connectivity index (χ2n) is 5.99. The van der Waals surface area contributed by atoms with E-state index in [0.29, 0.717) is 42.1 Å². The molecule has 0 atom stereocenters. The molecule has 2 heterocycles. The number of hydrogen-bond acceptors (Lipinski definition) is 6. The van der Waals surface area contributed by atoms with Crippen LogP contribution in [0.25, 0.3) is 11.5 Å². The average Bonchev–Trinajstić information content (AvgIpc) is 3.14. The molecule has 0 bridgehead atoms. The predicted molar refractivity (Wildman–Crippen MR) is 110 cm³/mol. The van der Waals surface area contributed by atoms with Crippen LogP contribution in [0.15, 0.2) is 22.6 Å². The van der Waals surface area contributed by atoms with Gasteiger partial charge in [0.25, 0.3) is 0 Å². The molecule has 9 heteroatoms. The normalized spacial score (nSPS) is 11.4. The smallest absolute Gasteiger partial charge is 0.220 e. The highest BCUT2D eigenvalue weighted by molar-refractivity contribution is 7.14. The van der Waals surface area contributed by atoms with Gasteiger partial charge in [-0.2, -0.15) is 0 Å². The van der Waals surface area contributed by atoms with Crippen LogP contribution >= 0.6 is 11.3 Å². The zero-order chi connectivity index (χ0) is 19.5. The van der Waals surface area contributed by atoms with Crippen molar-refractivity contribution in [3.63, 3.8) is 0 Å². The Morgan fingerprint density at radius 3 is 2.89 bits per heavy atom. The molecular formula is C18H27N7OS. The van der Waals surface area contributed by atoms with Gasteiger partial charge in [0.2, 0.25) is 5.91 Å². The van der Waals surface area contributed by atoms with Gasteiger partial charge < -0.3 is 16.4 Å². The number of guanidine groups is 1. The Balaban J connectivity index is 1.93. The van der Waals surface area contributed by atoms with Crippen molar-refractivity contribution in [2.24, 2.45) is 10.7 Å². The Hall–Kier alpha value is -2.55. The first-order valence-corrected chi connectivity index (χ1v) is 10.1. The summed E-state index contributed by atoms with van der Waals surface area (Å²) in [7, 11) is 0. The minimum Gasteiger partial charge on any atom is -0.370 e. The molecule has 1 amide bonds. The number of aromatic nitrogens is 3. The number of carbonyl (C=O) groups excluding carboxylic acids is 1. The van der Waals surface area contributed by atoms with E-state index in [2.05, 4.69) is 37.5 Å². The van der Waals surface area contributed by atoms with Crippen LogP contribution in [0.5, 0.6) is 0 Å². The summed E-state index contributed by atoms with van der Waals surface area (Å²) in [6.45, 7) is 5.07. The van der Waals surface area contributed by atoms with Crippen LogP contribution in [0.1, 0.15) is 51.6 Å². The van der Waals surface area contributed by atoms with Crippen molar-refractivity contribution in [3.8, 4) is 11.5 Å². The van der Waals surface area contributed by atoms with Crippen molar-refractivity contribution in [2.75, 3.05) is 11.9 Å². The van der Waals surface area contributed by atoms with Gasteiger partial charge in [-0.25, -0.2) is 15.0 Å². The summed E-state index contributed by atoms with van der Waals surface area (Å²) in [5, 5.41) is 8.32. The summed E-state index contributed by atoms with van der Waals surface area (Å²) in [5.74, 6) is 0.863. The van der Waals surface area contributed by atoms with Gasteiger partial charge in [0.05, 0.1) is 12.2 Å². The van der Waals surface area contributed by atoms with Crippen molar-refractivity contribution < 1.29 is 4.79 Å². The third-order valence-corrected chi connectivity index (χ3v) is 4.52. The van der Waals surface area contributed by atoms with Gasteiger partial charge in [0, 0.05) is 24.5 Å². The number of unbranched alkanes of at least 4 members (excludes halogenated alkanes) is 3. The lowest BCUT2D eigenvalue weighted by Crippen LogP contribution is -2.22. The molecule has 4 N–H and O–H groups in total. The molecule has 2 rings (SSSR count). The van der Waals surface area contributed by atoms with Crippen molar-refractivity contribution in [1.82, 2.24) is 20.3 Å². The number of nitrogens with zero attached hydrogens (tertiary/aromatic N) is 4. The van der Waals surface area contributed by atoms with Crippen LogP contribution in [0, 0.1) is 0 Å². The molecule has 8 nitrogen and oxygen atoms in total. The molecule has 0 aliphatic rings. The molecule has 2 aromatic rings. The first-order chi connectivity index (χ1) is 13.1. The van der Waals surface area contributed by atoms with E-state index in [-0.39, 0.29) is 5.91 Å². The van der Waals surface area contributed by atoms with Gasteiger partial charge in [0.15, 0.2) is 16.9 Å². The van der Waals surface area contributed by atoms with E-state index in [9.17, 15) is 4.79 Å². The largest absolute Gasteiger partial charge is 0.370 e. The fourth-order valence-electron chi connectivity index (χ4n) is 2.25. The maximum Gasteiger partial charge on any atom is 0.220 e. The molecule has 0 spiro atoms. The van der Waals surface area contributed by atoms with Gasteiger partial charge >= 0.3 is 0 Å². The van der Waals surface area contributed by atoms with Crippen LogP contribution in [0.2, 0.25) is 0 Å². The third-order valence-electron chi connectivity index (χ3n) is 3.76. The highest BCUT2D eigenvalue weighted by atomic mass is 32.1. The summed E-state index contributed by atoms with van der Waals surface area (Å²) in [6.07, 6.45) is 6.73. The Morgan fingerprint density at radius 1 is 1.26 bits per heavy atom. The number of rotatable bonds is 10. The summed E-state index contributed by atoms with van der Waals surface area (Å²) in [4.78, 5) is 28.9. The number of carbonyl (C=O) groups is 1. The molecule has 146 valence electrons. The first-order valence-electron chi connectivity index (χ1n) is 9.23. The molecule has 0 aliphatic carbocycles. The highest BCUT2D eigenvalue weighted by Gasteiger charge is 2.09. The lowest BCUT2D eigenvalue weighted by molar-refractivity contribution is -0.120. The molecule has 0 saturated heterocycles. The topological polar surface area (TPSA) is 118 Å². The Labute approximate surface area is 163 Å². The van der Waals surface area contributed by atoms with Crippen molar-refractivity contribution in [2.45, 2.75) is 52.5 Å². The summed E-state index contributed by atoms with van der Waals surface area (Å²) >= 11 is 1.41. The molecule has 0 fully saturated rings. The predicted octanol–water partition coefficient (Wildman–Crippen LogP) is 2.93. The molecule has 0 saturated carbocycles. The van der Waals surface area contributed by atoms with E-state index in [1.54, 1.807) is 12.3 Å². The van der Waals surface area contributed by atoms with Crippen LogP contribution in [0.4, 0.5) is 5.13 Å². The number of amides is 1. The maximum atomic E-state index is 11.4. The van der Waals surface area contributed by atoms with Gasteiger partial charge in [-0.3, -0.25) is 9.79 Å². The lowest BCUT2D eigenvalue weighted by atomic mass is 10.2. The van der Waals surface area contributed by atoms with Crippen molar-refractivity contribution in [1.29, 1.82) is 0 Å². The zero-order valence-corrected chi connectivity index (χ0v) is 16.7. The van der Waals surface area contributed by atoms with Crippen LogP contribution < -0.4 is 16.4 Å². The van der Waals surface area contributed by atoms with E-state index in [1.807, 2.05) is 12.3 Å². The summed E-state index contributed by atoms with van der Waals surface area (Å²) in [5.41, 5.74) is 7.30. The molecule has 2 aromatic heterocycles. The van der Waals surface area contributed by atoms with Crippen LogP contribution in [-0.4, -0.2) is 33.4 Å². The van der Waals surface area contributed by atoms with Gasteiger partial charge in [0.1, 0.15) is 5.69 Å². The number of nitrogens with one attached hydrogen (secondary N) is 2. The van der Waals surface area contributed by atoms with Crippen molar-refractivity contribution in [3.05, 3.63) is 23.3 Å². The lowest BCUT2D eigenvalue weighted by Gasteiger charge is -2.04. The van der Waals surface area contributed by atoms with Gasteiger partial charge in [-0.05, 0) is 12.5 Å². The molecule has 0 aliphatic heterocycles. The number of anilines is 1. The minimum atomic E-state index is -0.0141. The van der Waals surface area contributed by atoms with Crippen LogP contribution in [0.3, 0.4) is 0 Å². The van der Waals surface area contributed by atoms with E-state index in [4.69, 9.17) is 5.73 Å². The fourth-order valence-corrected chi connectivity index (χ4v) is 2.95. The third kappa shape index (κ3) is 7.30. The Bertz CT molecular complexity index is 760. The van der Waals surface area contributed by atoms with Crippen molar-refractivity contribution >= 4 is 28.3 Å². The summed E-state index contributed by atoms with van der Waals surface area (Å²) < 4.78 is 0. The fraction of sp³-hybridized carbons (Fsp3) is 0.500. The zero-order valence-electron chi connectivity index (χ0n) is 15.9. The van der Waals surface area contributed by atoms with Crippen LogP contribution in [-0.2, 0) is 11.3 Å². The molecule has 27 heavy (non-hydrogen) atoms. The Kier molecular flexibility index (Phi) is 8.63.